The third-order valence-corrected chi connectivity index (χ3v) is 5.59. The van der Waals surface area contributed by atoms with Gasteiger partial charge < -0.3 is 4.90 Å². The van der Waals surface area contributed by atoms with Crippen LogP contribution in [-0.4, -0.2) is 5.71 Å². The van der Waals surface area contributed by atoms with Crippen LogP contribution in [-0.2, 0) is 0 Å². The van der Waals surface area contributed by atoms with Gasteiger partial charge in [-0.15, -0.1) is 4.95 Å². The van der Waals surface area contributed by atoms with Crippen LogP contribution in [0.3, 0.4) is 0 Å². The molecule has 1 aliphatic carbocycles. The van der Waals surface area contributed by atoms with Crippen molar-refractivity contribution in [2.45, 2.75) is 0 Å². The maximum atomic E-state index is 14.8. The number of allylic oxidation sites excluding steroid dienone is 5. The van der Waals surface area contributed by atoms with Crippen molar-refractivity contribution in [3.05, 3.63) is 141 Å². The summed E-state index contributed by atoms with van der Waals surface area (Å²) in [4.78, 5) is 6.11. The number of benzene rings is 3. The molecule has 0 heterocycles. The third-order valence-electron chi connectivity index (χ3n) is 5.59. The van der Waals surface area contributed by atoms with Gasteiger partial charge in [-0.2, -0.15) is 11.8 Å². The normalized spacial score (nSPS) is 14.7. The Morgan fingerprint density at radius 3 is 1.63 bits per heavy atom. The SMILES string of the molecule is [C-]#[N+]/N=C1C=C/C(=C(/C#N)c2c(F)c(F)c([N+]#[C-])c(F)c2F)C=C/1N(c1cc(F)cc(F)c1)c1cc(F)cc(F)c1. The molecule has 0 amide bonds. The molecule has 0 aromatic heterocycles. The van der Waals surface area contributed by atoms with Crippen molar-refractivity contribution in [3.8, 4) is 6.07 Å². The van der Waals surface area contributed by atoms with Crippen LogP contribution in [0.2, 0.25) is 0 Å². The van der Waals surface area contributed by atoms with Crippen molar-refractivity contribution in [3.63, 3.8) is 0 Å². The van der Waals surface area contributed by atoms with Crippen molar-refractivity contribution in [1.29, 1.82) is 5.26 Å². The quantitative estimate of drug-likeness (QED) is 0.105. The lowest BCUT2D eigenvalue weighted by Gasteiger charge is -2.29. The highest BCUT2D eigenvalue weighted by Gasteiger charge is 2.31. The van der Waals surface area contributed by atoms with Gasteiger partial charge in [-0.1, -0.05) is 6.08 Å². The maximum absolute atomic E-state index is 14.8. The molecule has 41 heavy (non-hydrogen) atoms. The van der Waals surface area contributed by atoms with E-state index >= 15 is 0 Å². The Morgan fingerprint density at radius 2 is 1.22 bits per heavy atom. The van der Waals surface area contributed by atoms with E-state index in [0.29, 0.717) is 12.1 Å². The number of hydrogen-bond acceptors (Lipinski definition) is 3. The van der Waals surface area contributed by atoms with Gasteiger partial charge in [-0.25, -0.2) is 40.0 Å². The second-order valence-corrected chi connectivity index (χ2v) is 8.07. The van der Waals surface area contributed by atoms with Crippen molar-refractivity contribution in [2.24, 2.45) is 5.10 Å². The summed E-state index contributed by atoms with van der Waals surface area (Å²) in [5.74, 6) is -12.7. The summed E-state index contributed by atoms with van der Waals surface area (Å²) in [6.07, 6.45) is 2.89. The highest BCUT2D eigenvalue weighted by atomic mass is 19.2. The summed E-state index contributed by atoms with van der Waals surface area (Å²) >= 11 is 0. The zero-order chi connectivity index (χ0) is 30.0. The standard InChI is InChI=1S/C28H9F8N5/c1-38-28-26(35)24(33)23(25(34)27(28)36)20(12-37)13-3-4-21(40-39-2)22(5-13)41(18-8-14(29)6-15(30)9-18)19-10-16(31)7-17(32)11-19/h3-11H/b20-13+,40-21-. The van der Waals surface area contributed by atoms with E-state index in [-0.39, 0.29) is 11.4 Å². The van der Waals surface area contributed by atoms with Crippen molar-refractivity contribution < 1.29 is 35.1 Å². The minimum absolute atomic E-state index is 0.308. The van der Waals surface area contributed by atoms with Crippen molar-refractivity contribution in [1.82, 2.24) is 0 Å². The zero-order valence-corrected chi connectivity index (χ0v) is 20.0. The Bertz CT molecular complexity index is 1750. The fourth-order valence-electron chi connectivity index (χ4n) is 3.96. The average molecular weight is 567 g/mol. The first-order chi connectivity index (χ1) is 19.5. The highest BCUT2D eigenvalue weighted by molar-refractivity contribution is 6.14. The van der Waals surface area contributed by atoms with Crippen molar-refractivity contribution >= 4 is 28.3 Å². The Kier molecular flexibility index (Phi) is 7.70. The van der Waals surface area contributed by atoms with Gasteiger partial charge in [0.25, 0.3) is 5.69 Å². The summed E-state index contributed by atoms with van der Waals surface area (Å²) < 4.78 is 115. The molecule has 0 fully saturated rings. The molecule has 0 saturated heterocycles. The summed E-state index contributed by atoms with van der Waals surface area (Å²) in [7, 11) is 0. The molecule has 0 spiro atoms. The molecule has 0 saturated carbocycles. The van der Waals surface area contributed by atoms with E-state index in [4.69, 9.17) is 13.1 Å². The summed E-state index contributed by atoms with van der Waals surface area (Å²) in [5, 5.41) is 13.3. The number of rotatable bonds is 4. The molecule has 13 heteroatoms. The van der Waals surface area contributed by atoms with Crippen LogP contribution in [0.1, 0.15) is 5.56 Å². The molecule has 1 aliphatic rings. The minimum atomic E-state index is -2.06. The fourth-order valence-corrected chi connectivity index (χ4v) is 3.96. The Labute approximate surface area is 226 Å². The average Bonchev–Trinajstić information content (AvgIpc) is 2.90. The molecule has 5 nitrogen and oxygen atoms in total. The van der Waals surface area contributed by atoms with Crippen LogP contribution in [0.15, 0.2) is 71.0 Å². The van der Waals surface area contributed by atoms with Crippen LogP contribution in [0.4, 0.5) is 52.2 Å². The van der Waals surface area contributed by atoms with Gasteiger partial charge in [0.1, 0.15) is 29.3 Å². The lowest BCUT2D eigenvalue weighted by atomic mass is 9.94. The summed E-state index contributed by atoms with van der Waals surface area (Å²) in [6, 6.07) is 5.42. The second-order valence-electron chi connectivity index (χ2n) is 8.07. The predicted molar refractivity (Wildman–Crippen MR) is 131 cm³/mol. The van der Waals surface area contributed by atoms with Gasteiger partial charge >= 0.3 is 0 Å². The van der Waals surface area contributed by atoms with Gasteiger partial charge in [0.15, 0.2) is 29.0 Å². The fraction of sp³-hybridized carbons (Fsp3) is 0. The monoisotopic (exact) mass is 567 g/mol. The van der Waals surface area contributed by atoms with Crippen molar-refractivity contribution in [2.75, 3.05) is 4.90 Å². The van der Waals surface area contributed by atoms with Crippen LogP contribution < -0.4 is 4.90 Å². The Balaban J connectivity index is 2.10. The Hall–Kier alpha value is -5.74. The topological polar surface area (TPSA) is 48.1 Å². The molecule has 4 rings (SSSR count). The molecular formula is C28H9F8N5. The largest absolute Gasteiger partial charge is 0.308 e. The van der Waals surface area contributed by atoms with Crippen LogP contribution in [0, 0.1) is 71.0 Å². The van der Waals surface area contributed by atoms with E-state index in [1.807, 2.05) is 0 Å². The van der Waals surface area contributed by atoms with Gasteiger partial charge in [0, 0.05) is 12.1 Å². The minimum Gasteiger partial charge on any atom is -0.308 e. The van der Waals surface area contributed by atoms with Crippen LogP contribution >= 0.6 is 0 Å². The highest BCUT2D eigenvalue weighted by Crippen LogP contribution is 2.38. The predicted octanol–water partition coefficient (Wildman–Crippen LogP) is 8.19. The smallest absolute Gasteiger partial charge is 0.262 e. The van der Waals surface area contributed by atoms with E-state index in [9.17, 15) is 40.4 Å². The van der Waals surface area contributed by atoms with Gasteiger partial charge in [0.05, 0.1) is 39.9 Å². The first kappa shape index (κ1) is 28.3. The van der Waals surface area contributed by atoms with E-state index in [2.05, 4.69) is 14.9 Å². The maximum Gasteiger partial charge on any atom is 0.262 e. The molecular weight excluding hydrogens is 558 g/mol. The molecule has 0 radical (unpaired) electrons. The van der Waals surface area contributed by atoms with E-state index in [1.165, 1.54) is 6.07 Å². The number of anilines is 2. The van der Waals surface area contributed by atoms with Gasteiger partial charge in [-0.3, -0.25) is 0 Å². The Morgan fingerprint density at radius 1 is 0.732 bits per heavy atom. The van der Waals surface area contributed by atoms with Gasteiger partial charge in [0.2, 0.25) is 0 Å². The van der Waals surface area contributed by atoms with Crippen LogP contribution in [0.5, 0.6) is 0 Å². The van der Waals surface area contributed by atoms with E-state index < -0.39 is 80.3 Å². The van der Waals surface area contributed by atoms with Crippen LogP contribution in [0.25, 0.3) is 15.4 Å². The summed E-state index contributed by atoms with van der Waals surface area (Å²) in [5.41, 5.74) is -6.02. The lowest BCUT2D eigenvalue weighted by Crippen LogP contribution is -2.24. The number of nitriles is 1. The molecule has 3 aromatic rings. The first-order valence-corrected chi connectivity index (χ1v) is 11.0. The molecule has 0 bridgehead atoms. The zero-order valence-electron chi connectivity index (χ0n) is 20.0. The first-order valence-electron chi connectivity index (χ1n) is 11.0. The number of halogens is 8. The number of hydrogen-bond donors (Lipinski definition) is 0. The molecule has 202 valence electrons. The summed E-state index contributed by atoms with van der Waals surface area (Å²) in [6.45, 7) is 13.9. The molecule has 3 aromatic carbocycles. The lowest BCUT2D eigenvalue weighted by molar-refractivity contribution is 0.457. The van der Waals surface area contributed by atoms with E-state index in [1.54, 1.807) is 0 Å². The second kappa shape index (κ2) is 11.2. The molecule has 0 N–H and O–H groups in total. The molecule has 0 unspecified atom stereocenters. The third kappa shape index (κ3) is 5.27. The number of nitrogens with zero attached hydrogens (tertiary/aromatic N) is 5. The molecule has 0 aliphatic heterocycles. The van der Waals surface area contributed by atoms with E-state index in [0.717, 1.165) is 47.4 Å². The molecule has 0 atom stereocenters. The van der Waals surface area contributed by atoms with Gasteiger partial charge in [-0.05, 0) is 42.0 Å².